The van der Waals surface area contributed by atoms with Crippen molar-refractivity contribution in [2.24, 2.45) is 11.8 Å². The molecule has 1 amide bonds. The molecule has 2 aliphatic carbocycles. The van der Waals surface area contributed by atoms with Crippen LogP contribution in [0.5, 0.6) is 0 Å². The van der Waals surface area contributed by atoms with Crippen molar-refractivity contribution >= 4 is 17.5 Å². The summed E-state index contributed by atoms with van der Waals surface area (Å²) in [6.45, 7) is 3.25. The van der Waals surface area contributed by atoms with Gasteiger partial charge in [0.25, 0.3) is 0 Å². The van der Waals surface area contributed by atoms with Gasteiger partial charge in [0.05, 0.1) is 17.0 Å². The van der Waals surface area contributed by atoms with Crippen LogP contribution in [-0.2, 0) is 16.0 Å². The third kappa shape index (κ3) is 3.99. The van der Waals surface area contributed by atoms with Crippen LogP contribution in [0.25, 0.3) is 22.6 Å². The molecule has 8 heteroatoms. The summed E-state index contributed by atoms with van der Waals surface area (Å²) >= 11 is 0. The predicted octanol–water partition coefficient (Wildman–Crippen LogP) is 4.62. The lowest BCUT2D eigenvalue weighted by Crippen LogP contribution is -2.35. The van der Waals surface area contributed by atoms with E-state index in [1.54, 1.807) is 42.6 Å². The van der Waals surface area contributed by atoms with Crippen molar-refractivity contribution in [3.63, 3.8) is 0 Å². The van der Waals surface area contributed by atoms with Crippen LogP contribution in [0, 0.1) is 29.0 Å². The van der Waals surface area contributed by atoms with Crippen LogP contribution >= 0.6 is 0 Å². The number of aromatic nitrogens is 3. The predicted molar refractivity (Wildman–Crippen MR) is 127 cm³/mol. The molecule has 1 aromatic carbocycles. The van der Waals surface area contributed by atoms with E-state index in [0.717, 1.165) is 5.56 Å². The molecule has 1 N–H and O–H groups in total. The van der Waals surface area contributed by atoms with Gasteiger partial charge in [-0.05, 0) is 43.0 Å². The number of Topliss-reactive ketones (excluding diaryl/α,β-unsaturated/α-hetero) is 1. The van der Waals surface area contributed by atoms with Gasteiger partial charge in [0.15, 0.2) is 11.6 Å². The molecule has 35 heavy (non-hydrogen) atoms. The van der Waals surface area contributed by atoms with E-state index in [4.69, 9.17) is 9.97 Å². The van der Waals surface area contributed by atoms with Crippen LogP contribution < -0.4 is 5.32 Å². The quantitative estimate of drug-likeness (QED) is 0.602. The van der Waals surface area contributed by atoms with Crippen molar-refractivity contribution in [3.8, 4) is 28.7 Å². The fraction of sp³-hybridized carbons (Fsp3) is 0.259. The number of nitrogens with zero attached hydrogens (tertiary/aromatic N) is 4. The Kier molecular flexibility index (Phi) is 5.69. The van der Waals surface area contributed by atoms with E-state index in [1.165, 1.54) is 13.0 Å². The lowest BCUT2D eigenvalue weighted by atomic mass is 9.66. The number of hydrogen-bond acceptors (Lipinski definition) is 6. The van der Waals surface area contributed by atoms with Crippen molar-refractivity contribution in [3.05, 3.63) is 71.3 Å². The van der Waals surface area contributed by atoms with E-state index >= 15 is 0 Å². The molecule has 0 bridgehead atoms. The van der Waals surface area contributed by atoms with Crippen LogP contribution in [0.15, 0.2) is 54.2 Å². The van der Waals surface area contributed by atoms with Crippen molar-refractivity contribution in [2.75, 3.05) is 5.32 Å². The minimum Gasteiger partial charge on any atom is -0.311 e. The smallest absolute Gasteiger partial charge is 0.222 e. The van der Waals surface area contributed by atoms with E-state index in [-0.39, 0.29) is 35.0 Å². The van der Waals surface area contributed by atoms with Crippen LogP contribution in [0.2, 0.25) is 0 Å². The van der Waals surface area contributed by atoms with E-state index in [1.807, 2.05) is 13.0 Å². The summed E-state index contributed by atoms with van der Waals surface area (Å²) in [5.74, 6) is -0.661. The second-order valence-electron chi connectivity index (χ2n) is 8.92. The molecule has 0 fully saturated rings. The molecular formula is C27H22FN5O2. The molecule has 2 heterocycles. The van der Waals surface area contributed by atoms with Crippen molar-refractivity contribution in [2.45, 2.75) is 32.6 Å². The minimum absolute atomic E-state index is 0.00398. The second kappa shape index (κ2) is 8.84. The maximum atomic E-state index is 14.9. The first-order chi connectivity index (χ1) is 16.9. The first kappa shape index (κ1) is 22.5. The zero-order valence-electron chi connectivity index (χ0n) is 19.2. The fourth-order valence-electron chi connectivity index (χ4n) is 5.10. The number of halogens is 1. The number of benzene rings is 1. The highest BCUT2D eigenvalue weighted by Gasteiger charge is 2.42. The molecule has 174 valence electrons. The monoisotopic (exact) mass is 467 g/mol. The Morgan fingerprint density at radius 2 is 2.03 bits per heavy atom. The van der Waals surface area contributed by atoms with E-state index < -0.39 is 5.82 Å². The van der Waals surface area contributed by atoms with Gasteiger partial charge in [0, 0.05) is 41.6 Å². The Hall–Kier alpha value is -4.25. The number of nitriles is 1. The van der Waals surface area contributed by atoms with Gasteiger partial charge in [0.1, 0.15) is 17.7 Å². The summed E-state index contributed by atoms with van der Waals surface area (Å²) in [5.41, 5.74) is 3.13. The molecule has 0 saturated carbocycles. The number of nitrogens with one attached hydrogen (secondary N) is 1. The van der Waals surface area contributed by atoms with Crippen LogP contribution in [-0.4, -0.2) is 26.6 Å². The second-order valence-corrected chi connectivity index (χ2v) is 8.92. The number of allylic oxidation sites excluding steroid dienone is 2. The van der Waals surface area contributed by atoms with Crippen LogP contribution in [0.4, 0.5) is 10.2 Å². The zero-order valence-corrected chi connectivity index (χ0v) is 19.2. The summed E-state index contributed by atoms with van der Waals surface area (Å²) in [4.78, 5) is 38.0. The minimum atomic E-state index is -0.393. The first-order valence-electron chi connectivity index (χ1n) is 11.4. The Balaban J connectivity index is 1.75. The number of pyridine rings is 1. The Labute approximate surface area is 201 Å². The third-order valence-electron chi connectivity index (χ3n) is 6.78. The SMILES string of the molecule is CC(=O)Nc1cc(-c2nc(-c3ccccc3F)c3c(n2)C2C=C(C#N)C(=O)C(C)C2CC3)ccn1. The lowest BCUT2D eigenvalue weighted by Gasteiger charge is -2.38. The highest BCUT2D eigenvalue weighted by molar-refractivity contribution is 6.01. The number of anilines is 1. The van der Waals surface area contributed by atoms with Crippen LogP contribution in [0.1, 0.15) is 37.4 Å². The molecule has 2 aromatic heterocycles. The van der Waals surface area contributed by atoms with Crippen molar-refractivity contribution < 1.29 is 14.0 Å². The highest BCUT2D eigenvalue weighted by Crippen LogP contribution is 2.47. The Morgan fingerprint density at radius 1 is 1.23 bits per heavy atom. The zero-order chi connectivity index (χ0) is 24.7. The van der Waals surface area contributed by atoms with Gasteiger partial charge >= 0.3 is 0 Å². The number of hydrogen-bond donors (Lipinski definition) is 1. The molecule has 3 atom stereocenters. The topological polar surface area (TPSA) is 109 Å². The third-order valence-corrected chi connectivity index (χ3v) is 6.78. The number of carbonyl (C=O) groups excluding carboxylic acids is 2. The highest BCUT2D eigenvalue weighted by atomic mass is 19.1. The summed E-state index contributed by atoms with van der Waals surface area (Å²) in [5, 5.41) is 12.2. The van der Waals surface area contributed by atoms with Crippen LogP contribution in [0.3, 0.4) is 0 Å². The number of rotatable bonds is 3. The molecule has 0 spiro atoms. The molecule has 3 aromatic rings. The summed E-state index contributed by atoms with van der Waals surface area (Å²) < 4.78 is 14.9. The first-order valence-corrected chi connectivity index (χ1v) is 11.4. The van der Waals surface area contributed by atoms with E-state index in [9.17, 15) is 19.2 Å². The maximum absolute atomic E-state index is 14.9. The average molecular weight is 468 g/mol. The number of fused-ring (bicyclic) bond motifs is 3. The van der Waals surface area contributed by atoms with E-state index in [0.29, 0.717) is 47.0 Å². The summed E-state index contributed by atoms with van der Waals surface area (Å²) in [6.07, 6.45) is 4.57. The summed E-state index contributed by atoms with van der Waals surface area (Å²) in [6, 6.07) is 11.9. The van der Waals surface area contributed by atoms with Crippen molar-refractivity contribution in [1.82, 2.24) is 15.0 Å². The lowest BCUT2D eigenvalue weighted by molar-refractivity contribution is -0.120. The van der Waals surface area contributed by atoms with Gasteiger partial charge in [-0.25, -0.2) is 19.3 Å². The average Bonchev–Trinajstić information content (AvgIpc) is 2.85. The molecule has 0 radical (unpaired) electrons. The number of ketones is 1. The van der Waals surface area contributed by atoms with Gasteiger partial charge < -0.3 is 5.32 Å². The van der Waals surface area contributed by atoms with E-state index in [2.05, 4.69) is 10.3 Å². The fourth-order valence-corrected chi connectivity index (χ4v) is 5.10. The standard InChI is InChI=1S/C27H22FN5O2/c1-14-18-7-8-20-24(19-5-3-4-6-22(19)28)32-27(16-9-10-30-23(12-16)31-15(2)34)33-25(20)21(18)11-17(13-29)26(14)35/h3-6,9-12,14,18,21H,7-8H2,1-2H3,(H,30,31,34). The molecule has 7 nitrogen and oxygen atoms in total. The van der Waals surface area contributed by atoms with Crippen molar-refractivity contribution in [1.29, 1.82) is 5.26 Å². The van der Waals surface area contributed by atoms with Gasteiger partial charge in [-0.15, -0.1) is 0 Å². The van der Waals surface area contributed by atoms with Gasteiger partial charge in [0.2, 0.25) is 5.91 Å². The normalized spacial score (nSPS) is 20.8. The molecule has 2 aliphatic rings. The van der Waals surface area contributed by atoms with Gasteiger partial charge in [-0.2, -0.15) is 5.26 Å². The summed E-state index contributed by atoms with van der Waals surface area (Å²) in [7, 11) is 0. The largest absolute Gasteiger partial charge is 0.311 e. The molecule has 3 unspecified atom stereocenters. The molecule has 5 rings (SSSR count). The number of carbonyl (C=O) groups is 2. The Bertz CT molecular complexity index is 1440. The Morgan fingerprint density at radius 3 is 2.77 bits per heavy atom. The maximum Gasteiger partial charge on any atom is 0.222 e. The number of amides is 1. The molecular weight excluding hydrogens is 445 g/mol. The molecule has 0 aliphatic heterocycles. The molecule has 0 saturated heterocycles. The van der Waals surface area contributed by atoms with Gasteiger partial charge in [-0.1, -0.05) is 25.1 Å². The van der Waals surface area contributed by atoms with Gasteiger partial charge in [-0.3, -0.25) is 9.59 Å².